The van der Waals surface area contributed by atoms with Crippen molar-refractivity contribution in [2.45, 2.75) is 4.90 Å². The van der Waals surface area contributed by atoms with E-state index in [9.17, 15) is 8.42 Å². The molecular weight excluding hydrogens is 376 g/mol. The molecule has 0 atom stereocenters. The average Bonchev–Trinajstić information content (AvgIpc) is 2.40. The van der Waals surface area contributed by atoms with E-state index >= 15 is 0 Å². The predicted octanol–water partition coefficient (Wildman–Crippen LogP) is 1.46. The predicted molar refractivity (Wildman–Crippen MR) is 69.6 cm³/mol. The Morgan fingerprint density at radius 2 is 1.70 bits per heavy atom. The van der Waals surface area contributed by atoms with E-state index in [-0.39, 0.29) is 33.2 Å². The van der Waals surface area contributed by atoms with Gasteiger partial charge >= 0.3 is 22.4 Å². The maximum absolute atomic E-state index is 11.9. The molecule has 1 heterocycles. The van der Waals surface area contributed by atoms with E-state index in [4.69, 9.17) is 10.5 Å². The number of benzene rings is 1. The molecule has 0 aliphatic rings. The second-order valence-electron chi connectivity index (χ2n) is 3.56. The first-order chi connectivity index (χ1) is 9.01. The van der Waals surface area contributed by atoms with Crippen LogP contribution >= 0.6 is 0 Å². The van der Waals surface area contributed by atoms with Crippen LogP contribution in [0.2, 0.25) is 0 Å². The molecule has 1 aromatic carbocycles. The molecule has 0 bridgehead atoms. The van der Waals surface area contributed by atoms with Gasteiger partial charge in [0.05, 0.1) is 12.0 Å². The molecule has 20 heavy (non-hydrogen) atoms. The molecule has 7 nitrogen and oxygen atoms in total. The van der Waals surface area contributed by atoms with E-state index in [1.165, 1.54) is 43.8 Å². The number of sulfonamides is 1. The molecule has 0 aliphatic heterocycles. The van der Waals surface area contributed by atoms with Gasteiger partial charge in [-0.1, -0.05) is 0 Å². The minimum absolute atomic E-state index is 0. The summed E-state index contributed by atoms with van der Waals surface area (Å²) in [6, 6.07) is 5.71. The van der Waals surface area contributed by atoms with Gasteiger partial charge in [0, 0.05) is 11.6 Å². The zero-order valence-corrected chi connectivity index (χ0v) is 12.6. The van der Waals surface area contributed by atoms with Gasteiger partial charge in [-0.25, -0.2) is 8.42 Å². The molecular formula is C11H11AgN4O3S. The van der Waals surface area contributed by atoms with Gasteiger partial charge in [-0.05, 0) is 36.7 Å². The van der Waals surface area contributed by atoms with Crippen LogP contribution < -0.4 is 10.5 Å². The second kappa shape index (κ2) is 6.71. The number of nitrogens with zero attached hydrogens (tertiary/aromatic N) is 3. The van der Waals surface area contributed by atoms with Gasteiger partial charge < -0.3 is 20.4 Å². The minimum atomic E-state index is -3.85. The number of methoxy groups -OCH3 is 1. The Labute approximate surface area is 132 Å². The van der Waals surface area contributed by atoms with E-state index in [1.807, 2.05) is 0 Å². The molecule has 0 fully saturated rings. The number of aromatic nitrogens is 2. The summed E-state index contributed by atoms with van der Waals surface area (Å²) in [6.07, 6.45) is 2.68. The largest absolute Gasteiger partial charge is 1.00 e. The Bertz CT molecular complexity index is 659. The Balaban J connectivity index is 0.00000200. The van der Waals surface area contributed by atoms with Crippen LogP contribution in [-0.2, 0) is 32.4 Å². The third kappa shape index (κ3) is 3.94. The summed E-state index contributed by atoms with van der Waals surface area (Å²) in [5.74, 6) is 0.265. The van der Waals surface area contributed by atoms with Crippen molar-refractivity contribution in [3.05, 3.63) is 41.4 Å². The molecule has 0 radical (unpaired) electrons. The summed E-state index contributed by atoms with van der Waals surface area (Å²) in [4.78, 5) is 7.57. The third-order valence-electron chi connectivity index (χ3n) is 2.23. The number of anilines is 1. The maximum atomic E-state index is 11.9. The molecule has 9 heteroatoms. The van der Waals surface area contributed by atoms with E-state index in [1.54, 1.807) is 0 Å². The molecule has 0 spiro atoms. The fourth-order valence-corrected chi connectivity index (χ4v) is 2.16. The van der Waals surface area contributed by atoms with Gasteiger partial charge in [-0.2, -0.15) is 0 Å². The van der Waals surface area contributed by atoms with E-state index in [0.29, 0.717) is 11.4 Å². The van der Waals surface area contributed by atoms with Crippen molar-refractivity contribution in [1.82, 2.24) is 9.97 Å². The smallest absolute Gasteiger partial charge is 0.496 e. The van der Waals surface area contributed by atoms with Crippen LogP contribution in [0.1, 0.15) is 0 Å². The Kier molecular flexibility index (Phi) is 5.52. The van der Waals surface area contributed by atoms with Gasteiger partial charge in [0.15, 0.2) is 0 Å². The fourth-order valence-electron chi connectivity index (χ4n) is 1.26. The second-order valence-corrected chi connectivity index (χ2v) is 5.16. The van der Waals surface area contributed by atoms with Crippen molar-refractivity contribution in [3.8, 4) is 5.75 Å². The normalized spacial score (nSPS) is 10.4. The molecule has 2 N–H and O–H groups in total. The van der Waals surface area contributed by atoms with Crippen molar-refractivity contribution in [2.75, 3.05) is 12.8 Å². The zero-order chi connectivity index (χ0) is 13.9. The summed E-state index contributed by atoms with van der Waals surface area (Å²) in [6.45, 7) is 0. The summed E-state index contributed by atoms with van der Waals surface area (Å²) in [7, 11) is -2.39. The van der Waals surface area contributed by atoms with Crippen LogP contribution in [0.4, 0.5) is 11.6 Å². The Hall–Kier alpha value is -1.61. The molecule has 2 rings (SSSR count). The standard InChI is InChI=1S/C11H11N4O3S.Ag/c1-18-9-6-13-11(14-7-9)15-19(16,17)10-4-2-8(12)3-5-10;/h2-7H,12H2,1H3;/q-1;+1. The van der Waals surface area contributed by atoms with Gasteiger partial charge in [-0.3, -0.25) is 4.72 Å². The zero-order valence-electron chi connectivity index (χ0n) is 10.3. The van der Waals surface area contributed by atoms with Gasteiger partial charge in [-0.15, -0.1) is 0 Å². The van der Waals surface area contributed by atoms with Crippen LogP contribution in [0.25, 0.3) is 4.72 Å². The molecule has 0 saturated heterocycles. The number of nitrogens with two attached hydrogens (primary N) is 1. The van der Waals surface area contributed by atoms with E-state index < -0.39 is 10.0 Å². The topological polar surface area (TPSA) is 109 Å². The number of hydrogen-bond acceptors (Lipinski definition) is 6. The van der Waals surface area contributed by atoms with Gasteiger partial charge in [0.2, 0.25) is 10.0 Å². The van der Waals surface area contributed by atoms with Gasteiger partial charge in [0.1, 0.15) is 5.75 Å². The van der Waals surface area contributed by atoms with Crippen LogP contribution in [-0.4, -0.2) is 25.5 Å². The number of nitrogen functional groups attached to an aromatic ring is 1. The van der Waals surface area contributed by atoms with Crippen molar-refractivity contribution in [1.29, 1.82) is 0 Å². The van der Waals surface area contributed by atoms with Crippen molar-refractivity contribution in [2.24, 2.45) is 0 Å². The minimum Gasteiger partial charge on any atom is -0.496 e. The van der Waals surface area contributed by atoms with Gasteiger partial charge in [0.25, 0.3) is 0 Å². The SMILES string of the molecule is COc1cnc([N-]S(=O)(=O)c2ccc(N)cc2)nc1.[Ag+]. The van der Waals surface area contributed by atoms with Crippen molar-refractivity contribution in [3.63, 3.8) is 0 Å². The van der Waals surface area contributed by atoms with Crippen LogP contribution in [0, 0.1) is 0 Å². The van der Waals surface area contributed by atoms with E-state index in [2.05, 4.69) is 14.7 Å². The molecule has 110 valence electrons. The van der Waals surface area contributed by atoms with Crippen LogP contribution in [0.5, 0.6) is 5.75 Å². The fraction of sp³-hybridized carbons (Fsp3) is 0.0909. The quantitative estimate of drug-likeness (QED) is 0.629. The summed E-state index contributed by atoms with van der Waals surface area (Å²) in [5.41, 5.74) is 5.96. The summed E-state index contributed by atoms with van der Waals surface area (Å²) < 4.78 is 32.3. The maximum Gasteiger partial charge on any atom is 1.00 e. The first-order valence-electron chi connectivity index (χ1n) is 5.21. The Morgan fingerprint density at radius 1 is 1.15 bits per heavy atom. The van der Waals surface area contributed by atoms with Crippen LogP contribution in [0.15, 0.2) is 41.6 Å². The molecule has 0 amide bonds. The molecule has 0 aliphatic carbocycles. The number of ether oxygens (including phenoxy) is 1. The monoisotopic (exact) mass is 386 g/mol. The molecule has 0 unspecified atom stereocenters. The summed E-state index contributed by atoms with van der Waals surface area (Å²) in [5, 5.41) is 0. The van der Waals surface area contributed by atoms with Crippen molar-refractivity contribution >= 4 is 21.7 Å². The third-order valence-corrected chi connectivity index (χ3v) is 3.50. The van der Waals surface area contributed by atoms with Crippen molar-refractivity contribution < 1.29 is 35.5 Å². The van der Waals surface area contributed by atoms with Crippen LogP contribution in [0.3, 0.4) is 0 Å². The first kappa shape index (κ1) is 16.4. The molecule has 2 aromatic rings. The summed E-state index contributed by atoms with van der Waals surface area (Å²) >= 11 is 0. The first-order valence-corrected chi connectivity index (χ1v) is 6.65. The van der Waals surface area contributed by atoms with E-state index in [0.717, 1.165) is 0 Å². The number of hydrogen-bond donors (Lipinski definition) is 1. The molecule has 0 saturated carbocycles. The Morgan fingerprint density at radius 3 is 2.20 bits per heavy atom. The average molecular weight is 387 g/mol. The number of rotatable bonds is 4. The molecule has 1 aromatic heterocycles.